The zero-order chi connectivity index (χ0) is 15.3. The molecule has 1 aliphatic rings. The molecule has 1 aliphatic carbocycles. The summed E-state index contributed by atoms with van der Waals surface area (Å²) in [5.41, 5.74) is 3.11. The molecular weight excluding hydrogens is 258 g/mol. The zero-order valence-electron chi connectivity index (χ0n) is 14.1. The molecule has 1 N–H and O–H groups in total. The maximum absolute atomic E-state index is 6.18. The van der Waals surface area contributed by atoms with Crippen molar-refractivity contribution in [1.82, 2.24) is 5.32 Å². The van der Waals surface area contributed by atoms with Gasteiger partial charge in [-0.15, -0.1) is 0 Å². The van der Waals surface area contributed by atoms with Crippen molar-refractivity contribution in [1.29, 1.82) is 0 Å². The number of rotatable bonds is 6. The van der Waals surface area contributed by atoms with E-state index < -0.39 is 0 Å². The van der Waals surface area contributed by atoms with Gasteiger partial charge in [0.25, 0.3) is 0 Å². The highest BCUT2D eigenvalue weighted by molar-refractivity contribution is 5.22. The molecule has 1 aromatic carbocycles. The molecule has 0 spiro atoms. The Hall–Kier alpha value is -0.860. The van der Waals surface area contributed by atoms with E-state index >= 15 is 0 Å². The van der Waals surface area contributed by atoms with Crippen LogP contribution in [0.2, 0.25) is 0 Å². The van der Waals surface area contributed by atoms with Gasteiger partial charge in [0.1, 0.15) is 0 Å². The van der Waals surface area contributed by atoms with Gasteiger partial charge >= 0.3 is 0 Å². The minimum atomic E-state index is 0.424. The third-order valence-corrected chi connectivity index (χ3v) is 4.52. The van der Waals surface area contributed by atoms with Crippen molar-refractivity contribution in [2.24, 2.45) is 11.3 Å². The van der Waals surface area contributed by atoms with E-state index in [1.165, 1.54) is 30.4 Å². The predicted molar refractivity (Wildman–Crippen MR) is 89.4 cm³/mol. The van der Waals surface area contributed by atoms with Crippen molar-refractivity contribution in [2.75, 3.05) is 13.6 Å². The van der Waals surface area contributed by atoms with Gasteiger partial charge in [0.2, 0.25) is 0 Å². The van der Waals surface area contributed by atoms with Crippen LogP contribution in [0.1, 0.15) is 51.2 Å². The van der Waals surface area contributed by atoms with E-state index in [1.807, 2.05) is 7.05 Å². The third-order valence-electron chi connectivity index (χ3n) is 4.52. The molecule has 2 atom stereocenters. The quantitative estimate of drug-likeness (QED) is 0.848. The van der Waals surface area contributed by atoms with E-state index in [1.54, 1.807) is 0 Å². The van der Waals surface area contributed by atoms with Crippen LogP contribution in [0.4, 0.5) is 0 Å². The lowest BCUT2D eigenvalue weighted by molar-refractivity contribution is -0.0316. The van der Waals surface area contributed by atoms with Gasteiger partial charge in [0, 0.05) is 0 Å². The van der Waals surface area contributed by atoms with Gasteiger partial charge < -0.3 is 10.1 Å². The van der Waals surface area contributed by atoms with Gasteiger partial charge in [-0.25, -0.2) is 0 Å². The summed E-state index contributed by atoms with van der Waals surface area (Å²) in [5.74, 6) is 0.780. The Kier molecular flexibility index (Phi) is 5.83. The number of benzene rings is 1. The molecule has 0 heterocycles. The number of hydrogen-bond acceptors (Lipinski definition) is 2. The van der Waals surface area contributed by atoms with Crippen molar-refractivity contribution in [3.8, 4) is 0 Å². The molecule has 2 nitrogen and oxygen atoms in total. The minimum Gasteiger partial charge on any atom is -0.374 e. The topological polar surface area (TPSA) is 21.3 Å². The molecule has 0 amide bonds. The fourth-order valence-corrected chi connectivity index (χ4v) is 3.67. The standard InChI is InChI=1S/C19H31NO/c1-15-11-18(13-19(2,3)12-15)21-14-17-7-5-16(6-8-17)9-10-20-4/h5-8,15,18,20H,9-14H2,1-4H3. The molecule has 1 aromatic rings. The van der Waals surface area contributed by atoms with Crippen LogP contribution in [-0.2, 0) is 17.8 Å². The average Bonchev–Trinajstić information content (AvgIpc) is 2.42. The van der Waals surface area contributed by atoms with Crippen molar-refractivity contribution >= 4 is 0 Å². The molecule has 2 unspecified atom stereocenters. The van der Waals surface area contributed by atoms with E-state index in [-0.39, 0.29) is 0 Å². The second-order valence-electron chi connectivity index (χ2n) is 7.52. The Morgan fingerprint density at radius 1 is 1.14 bits per heavy atom. The summed E-state index contributed by atoms with van der Waals surface area (Å²) in [7, 11) is 1.99. The summed E-state index contributed by atoms with van der Waals surface area (Å²) >= 11 is 0. The highest BCUT2D eigenvalue weighted by Crippen LogP contribution is 2.39. The van der Waals surface area contributed by atoms with E-state index in [9.17, 15) is 0 Å². The van der Waals surface area contributed by atoms with Gasteiger partial charge in [-0.05, 0) is 61.7 Å². The van der Waals surface area contributed by atoms with E-state index in [4.69, 9.17) is 4.74 Å². The smallest absolute Gasteiger partial charge is 0.0720 e. The first kappa shape index (κ1) is 16.5. The summed E-state index contributed by atoms with van der Waals surface area (Å²) < 4.78 is 6.18. The maximum Gasteiger partial charge on any atom is 0.0720 e. The van der Waals surface area contributed by atoms with Crippen molar-refractivity contribution in [3.63, 3.8) is 0 Å². The van der Waals surface area contributed by atoms with Gasteiger partial charge in [-0.2, -0.15) is 0 Å². The first-order valence-corrected chi connectivity index (χ1v) is 8.32. The number of likely N-dealkylation sites (N-methyl/N-ethyl adjacent to an activating group) is 1. The van der Waals surface area contributed by atoms with Crippen LogP contribution in [0.3, 0.4) is 0 Å². The largest absolute Gasteiger partial charge is 0.374 e. The van der Waals surface area contributed by atoms with Crippen LogP contribution in [0.15, 0.2) is 24.3 Å². The second-order valence-corrected chi connectivity index (χ2v) is 7.52. The molecule has 2 rings (SSSR count). The molecule has 2 heteroatoms. The van der Waals surface area contributed by atoms with Gasteiger partial charge in [-0.1, -0.05) is 45.0 Å². The fraction of sp³-hybridized carbons (Fsp3) is 0.684. The van der Waals surface area contributed by atoms with Crippen LogP contribution in [0, 0.1) is 11.3 Å². The summed E-state index contributed by atoms with van der Waals surface area (Å²) in [6.45, 7) is 8.88. The molecule has 1 saturated carbocycles. The summed E-state index contributed by atoms with van der Waals surface area (Å²) in [6.07, 6.45) is 5.24. The van der Waals surface area contributed by atoms with Gasteiger partial charge in [0.05, 0.1) is 12.7 Å². The van der Waals surface area contributed by atoms with Crippen LogP contribution < -0.4 is 5.32 Å². The predicted octanol–water partition coefficient (Wildman–Crippen LogP) is 4.18. The molecule has 0 radical (unpaired) electrons. The molecule has 21 heavy (non-hydrogen) atoms. The summed E-state index contributed by atoms with van der Waals surface area (Å²) in [4.78, 5) is 0. The Morgan fingerprint density at radius 3 is 2.43 bits per heavy atom. The van der Waals surface area contributed by atoms with Crippen LogP contribution in [0.5, 0.6) is 0 Å². The van der Waals surface area contributed by atoms with Crippen LogP contribution in [-0.4, -0.2) is 19.7 Å². The fourth-order valence-electron chi connectivity index (χ4n) is 3.67. The number of nitrogens with one attached hydrogen (secondary N) is 1. The van der Waals surface area contributed by atoms with E-state index in [0.717, 1.165) is 25.5 Å². The molecule has 0 bridgehead atoms. The molecule has 0 aromatic heterocycles. The van der Waals surface area contributed by atoms with Crippen molar-refractivity contribution in [2.45, 2.75) is 59.2 Å². The van der Waals surface area contributed by atoms with Crippen molar-refractivity contribution in [3.05, 3.63) is 35.4 Å². The first-order valence-electron chi connectivity index (χ1n) is 8.32. The highest BCUT2D eigenvalue weighted by atomic mass is 16.5. The summed E-state index contributed by atoms with van der Waals surface area (Å²) in [6, 6.07) is 8.87. The Labute approximate surface area is 130 Å². The molecule has 118 valence electrons. The lowest BCUT2D eigenvalue weighted by atomic mass is 9.71. The lowest BCUT2D eigenvalue weighted by Crippen LogP contribution is -2.32. The lowest BCUT2D eigenvalue weighted by Gasteiger charge is -2.38. The highest BCUT2D eigenvalue weighted by Gasteiger charge is 2.32. The molecule has 0 aliphatic heterocycles. The minimum absolute atomic E-state index is 0.424. The Morgan fingerprint density at radius 2 is 1.81 bits per heavy atom. The Balaban J connectivity index is 1.82. The normalized spacial score (nSPS) is 25.0. The monoisotopic (exact) mass is 289 g/mol. The van der Waals surface area contributed by atoms with Crippen molar-refractivity contribution < 1.29 is 4.74 Å². The summed E-state index contributed by atoms with van der Waals surface area (Å²) in [5, 5.41) is 3.19. The third kappa shape index (κ3) is 5.44. The molecule has 1 fully saturated rings. The Bertz CT molecular complexity index is 424. The SMILES string of the molecule is CNCCc1ccc(COC2CC(C)CC(C)(C)C2)cc1. The van der Waals surface area contributed by atoms with Gasteiger partial charge in [0.15, 0.2) is 0 Å². The molecular formula is C19H31NO. The second kappa shape index (κ2) is 7.42. The number of ether oxygens (including phenoxy) is 1. The number of hydrogen-bond donors (Lipinski definition) is 1. The van der Waals surface area contributed by atoms with Crippen LogP contribution in [0.25, 0.3) is 0 Å². The molecule has 0 saturated heterocycles. The van der Waals surface area contributed by atoms with E-state index in [0.29, 0.717) is 11.5 Å². The van der Waals surface area contributed by atoms with Gasteiger partial charge in [-0.3, -0.25) is 0 Å². The average molecular weight is 289 g/mol. The zero-order valence-corrected chi connectivity index (χ0v) is 14.1. The maximum atomic E-state index is 6.18. The van der Waals surface area contributed by atoms with Crippen LogP contribution >= 0.6 is 0 Å². The first-order chi connectivity index (χ1) is 9.98. The van der Waals surface area contributed by atoms with E-state index in [2.05, 4.69) is 50.4 Å².